The lowest BCUT2D eigenvalue weighted by molar-refractivity contribution is -0.124. The summed E-state index contributed by atoms with van der Waals surface area (Å²) in [5, 5.41) is 0. The van der Waals surface area contributed by atoms with Gasteiger partial charge in [-0.25, -0.2) is 0 Å². The van der Waals surface area contributed by atoms with Gasteiger partial charge >= 0.3 is 0 Å². The Hall–Kier alpha value is -1.15. The van der Waals surface area contributed by atoms with Gasteiger partial charge in [-0.15, -0.1) is 0 Å². The van der Waals surface area contributed by atoms with Gasteiger partial charge in [0.2, 0.25) is 0 Å². The topological polar surface area (TPSA) is 20.3 Å². The molecule has 0 amide bonds. The van der Waals surface area contributed by atoms with Gasteiger partial charge in [0.15, 0.2) is 0 Å². The van der Waals surface area contributed by atoms with Crippen molar-refractivity contribution in [3.63, 3.8) is 0 Å². The van der Waals surface area contributed by atoms with Crippen LogP contribution >= 0.6 is 0 Å². The second-order valence-electron chi connectivity index (χ2n) is 5.96. The average Bonchev–Trinajstić information content (AvgIpc) is 2.42. The molecule has 1 fully saturated rings. The lowest BCUT2D eigenvalue weighted by Gasteiger charge is -2.23. The van der Waals surface area contributed by atoms with E-state index in [0.29, 0.717) is 18.2 Å². The Bertz CT molecular complexity index is 404. The molecule has 2 nitrogen and oxygen atoms in total. The van der Waals surface area contributed by atoms with E-state index in [0.717, 1.165) is 19.4 Å². The Morgan fingerprint density at radius 2 is 1.79 bits per heavy atom. The van der Waals surface area contributed by atoms with E-state index >= 15 is 0 Å². The van der Waals surface area contributed by atoms with Crippen molar-refractivity contribution in [2.45, 2.75) is 45.6 Å². The number of Topliss-reactive ketones (excluding diaryl/α,β-unsaturated/α-hetero) is 1. The smallest absolute Gasteiger partial charge is 0.149 e. The number of nitrogens with zero attached hydrogens (tertiary/aromatic N) is 1. The number of benzene rings is 1. The van der Waals surface area contributed by atoms with Gasteiger partial charge in [0.25, 0.3) is 0 Å². The van der Waals surface area contributed by atoms with Gasteiger partial charge in [-0.1, -0.05) is 49.1 Å². The summed E-state index contributed by atoms with van der Waals surface area (Å²) in [5.74, 6) is 0.767. The highest BCUT2D eigenvalue weighted by Gasteiger charge is 2.21. The molecule has 0 N–H and O–H groups in total. The fourth-order valence-corrected chi connectivity index (χ4v) is 2.88. The number of hydrogen-bond acceptors (Lipinski definition) is 2. The van der Waals surface area contributed by atoms with Crippen molar-refractivity contribution in [2.24, 2.45) is 5.92 Å². The number of carbonyl (C=O) groups is 1. The fourth-order valence-electron chi connectivity index (χ4n) is 2.88. The number of hydrogen-bond donors (Lipinski definition) is 0. The summed E-state index contributed by atoms with van der Waals surface area (Å²) in [4.78, 5) is 14.4. The predicted molar refractivity (Wildman–Crippen MR) is 79.1 cm³/mol. The monoisotopic (exact) mass is 259 g/mol. The average molecular weight is 259 g/mol. The third kappa shape index (κ3) is 4.46. The van der Waals surface area contributed by atoms with Crippen molar-refractivity contribution in [3.05, 3.63) is 35.4 Å². The Labute approximate surface area is 116 Å². The highest BCUT2D eigenvalue weighted by atomic mass is 16.1. The van der Waals surface area contributed by atoms with Crippen LogP contribution in [0.4, 0.5) is 0 Å². The van der Waals surface area contributed by atoms with Crippen LogP contribution < -0.4 is 0 Å². The first kappa shape index (κ1) is 14.3. The van der Waals surface area contributed by atoms with E-state index in [1.54, 1.807) is 0 Å². The van der Waals surface area contributed by atoms with Gasteiger partial charge in [-0.2, -0.15) is 0 Å². The molecule has 104 valence electrons. The molecule has 2 rings (SSSR count). The van der Waals surface area contributed by atoms with E-state index in [4.69, 9.17) is 0 Å². The molecule has 0 aromatic heterocycles. The minimum absolute atomic E-state index is 0.328. The number of rotatable bonds is 5. The third-order valence-electron chi connectivity index (χ3n) is 4.06. The van der Waals surface area contributed by atoms with Crippen LogP contribution in [0.2, 0.25) is 0 Å². The molecule has 0 unspecified atom stereocenters. The van der Waals surface area contributed by atoms with Crippen LogP contribution in [0, 0.1) is 12.8 Å². The van der Waals surface area contributed by atoms with E-state index in [1.807, 2.05) is 7.05 Å². The highest BCUT2D eigenvalue weighted by molar-refractivity contribution is 5.83. The summed E-state index contributed by atoms with van der Waals surface area (Å²) in [5.41, 5.74) is 2.56. The number of carbonyl (C=O) groups excluding carboxylic acids is 1. The Balaban J connectivity index is 1.81. The molecular formula is C17H25NO. The van der Waals surface area contributed by atoms with Crippen LogP contribution in [-0.2, 0) is 11.3 Å². The van der Waals surface area contributed by atoms with Gasteiger partial charge in [0.05, 0.1) is 6.54 Å². The molecule has 0 spiro atoms. The molecule has 1 aromatic carbocycles. The van der Waals surface area contributed by atoms with Gasteiger partial charge < -0.3 is 0 Å². The van der Waals surface area contributed by atoms with Gasteiger partial charge in [0.1, 0.15) is 5.78 Å². The van der Waals surface area contributed by atoms with Crippen molar-refractivity contribution >= 4 is 5.78 Å². The molecule has 1 saturated carbocycles. The summed E-state index contributed by atoms with van der Waals surface area (Å²) in [6.45, 7) is 3.55. The van der Waals surface area contributed by atoms with Crippen LogP contribution in [0.5, 0.6) is 0 Å². The summed E-state index contributed by atoms with van der Waals surface area (Å²) in [6, 6.07) is 8.56. The zero-order valence-electron chi connectivity index (χ0n) is 12.2. The molecule has 1 aliphatic rings. The number of likely N-dealkylation sites (N-methyl/N-ethyl adjacent to an activating group) is 1. The SMILES string of the molecule is Cc1ccc(CN(C)CC(=O)C2CCCCC2)cc1. The third-order valence-corrected chi connectivity index (χ3v) is 4.06. The number of ketones is 1. The highest BCUT2D eigenvalue weighted by Crippen LogP contribution is 2.24. The minimum Gasteiger partial charge on any atom is -0.298 e. The quantitative estimate of drug-likeness (QED) is 0.805. The molecule has 0 radical (unpaired) electrons. The largest absolute Gasteiger partial charge is 0.298 e. The summed E-state index contributed by atoms with van der Waals surface area (Å²) >= 11 is 0. The summed E-state index contributed by atoms with van der Waals surface area (Å²) in [7, 11) is 2.04. The van der Waals surface area contributed by atoms with Crippen LogP contribution in [0.1, 0.15) is 43.2 Å². The van der Waals surface area contributed by atoms with Gasteiger partial charge in [0, 0.05) is 12.5 Å². The van der Waals surface area contributed by atoms with E-state index in [2.05, 4.69) is 36.1 Å². The second kappa shape index (κ2) is 6.85. The molecule has 0 atom stereocenters. The van der Waals surface area contributed by atoms with Crippen molar-refractivity contribution in [1.82, 2.24) is 4.90 Å². The first-order valence-electron chi connectivity index (χ1n) is 7.42. The summed E-state index contributed by atoms with van der Waals surface area (Å²) in [6.07, 6.45) is 5.99. The van der Waals surface area contributed by atoms with E-state index in [9.17, 15) is 4.79 Å². The molecule has 0 bridgehead atoms. The maximum absolute atomic E-state index is 12.2. The van der Waals surface area contributed by atoms with Crippen LogP contribution in [0.3, 0.4) is 0 Å². The molecule has 19 heavy (non-hydrogen) atoms. The molecule has 0 aliphatic heterocycles. The minimum atomic E-state index is 0.328. The maximum Gasteiger partial charge on any atom is 0.149 e. The zero-order chi connectivity index (χ0) is 13.7. The number of aryl methyl sites for hydroxylation is 1. The van der Waals surface area contributed by atoms with Gasteiger partial charge in [-0.3, -0.25) is 9.69 Å². The first-order chi connectivity index (χ1) is 9.15. The first-order valence-corrected chi connectivity index (χ1v) is 7.42. The Morgan fingerprint density at radius 3 is 2.42 bits per heavy atom. The Morgan fingerprint density at radius 1 is 1.16 bits per heavy atom. The normalized spacial score (nSPS) is 16.8. The van der Waals surface area contributed by atoms with Crippen LogP contribution in [0.25, 0.3) is 0 Å². The maximum atomic E-state index is 12.2. The Kier molecular flexibility index (Phi) is 5.15. The molecule has 2 heteroatoms. The fraction of sp³-hybridized carbons (Fsp3) is 0.588. The summed E-state index contributed by atoms with van der Waals surface area (Å²) < 4.78 is 0. The van der Waals surface area contributed by atoms with Crippen LogP contribution in [0.15, 0.2) is 24.3 Å². The lowest BCUT2D eigenvalue weighted by Crippen LogP contribution is -2.31. The van der Waals surface area contributed by atoms with Crippen molar-refractivity contribution < 1.29 is 4.79 Å². The second-order valence-corrected chi connectivity index (χ2v) is 5.96. The van der Waals surface area contributed by atoms with Crippen molar-refractivity contribution in [3.8, 4) is 0 Å². The van der Waals surface area contributed by atoms with Crippen molar-refractivity contribution in [1.29, 1.82) is 0 Å². The zero-order valence-corrected chi connectivity index (χ0v) is 12.2. The van der Waals surface area contributed by atoms with E-state index in [-0.39, 0.29) is 0 Å². The van der Waals surface area contributed by atoms with Crippen molar-refractivity contribution in [2.75, 3.05) is 13.6 Å². The standard InChI is InChI=1S/C17H25NO/c1-14-8-10-15(11-9-14)12-18(2)13-17(19)16-6-4-3-5-7-16/h8-11,16H,3-7,12-13H2,1-2H3. The van der Waals surface area contributed by atoms with E-state index < -0.39 is 0 Å². The molecular weight excluding hydrogens is 234 g/mol. The molecule has 0 heterocycles. The predicted octanol–water partition coefficient (Wildman–Crippen LogP) is 3.58. The molecule has 1 aromatic rings. The lowest BCUT2D eigenvalue weighted by atomic mass is 9.86. The molecule has 0 saturated heterocycles. The van der Waals surface area contributed by atoms with E-state index in [1.165, 1.54) is 30.4 Å². The molecule has 1 aliphatic carbocycles. The van der Waals surface area contributed by atoms with Gasteiger partial charge in [-0.05, 0) is 32.4 Å². The van der Waals surface area contributed by atoms with Crippen LogP contribution in [-0.4, -0.2) is 24.3 Å².